The van der Waals surface area contributed by atoms with Crippen molar-refractivity contribution >= 4 is 5.91 Å². The lowest BCUT2D eigenvalue weighted by atomic mass is 10.1. The first-order chi connectivity index (χ1) is 9.10. The number of hydrogen-bond donors (Lipinski definition) is 1. The van der Waals surface area contributed by atoms with E-state index in [0.29, 0.717) is 18.7 Å². The van der Waals surface area contributed by atoms with E-state index in [4.69, 9.17) is 0 Å². The maximum Gasteiger partial charge on any atom is 0.227 e. The first-order valence-electron chi connectivity index (χ1n) is 6.37. The highest BCUT2D eigenvalue weighted by Gasteiger charge is 2.20. The summed E-state index contributed by atoms with van der Waals surface area (Å²) in [6, 6.07) is 6.51. The molecule has 1 aromatic carbocycles. The summed E-state index contributed by atoms with van der Waals surface area (Å²) in [5, 5.41) is 2.97. The van der Waals surface area contributed by atoms with Gasteiger partial charge in [-0.25, -0.2) is 4.39 Å². The summed E-state index contributed by atoms with van der Waals surface area (Å²) in [5.41, 5.74) is 0.523. The van der Waals surface area contributed by atoms with Crippen molar-refractivity contribution in [1.29, 1.82) is 0 Å². The quantitative estimate of drug-likeness (QED) is 0.766. The van der Waals surface area contributed by atoms with Crippen molar-refractivity contribution in [3.8, 4) is 0 Å². The molecule has 0 bridgehead atoms. The number of nitrogens with one attached hydrogen (secondary N) is 1. The van der Waals surface area contributed by atoms with Crippen molar-refractivity contribution in [2.75, 3.05) is 20.1 Å². The lowest BCUT2D eigenvalue weighted by molar-refractivity contribution is -0.134. The van der Waals surface area contributed by atoms with Gasteiger partial charge in [-0.2, -0.15) is 0 Å². The van der Waals surface area contributed by atoms with Crippen LogP contribution >= 0.6 is 0 Å². The first-order valence-corrected chi connectivity index (χ1v) is 6.37. The third kappa shape index (κ3) is 4.48. The summed E-state index contributed by atoms with van der Waals surface area (Å²) in [7, 11) is 1.80. The van der Waals surface area contributed by atoms with E-state index in [2.05, 4.69) is 11.9 Å². The van der Waals surface area contributed by atoms with Crippen molar-refractivity contribution in [2.45, 2.75) is 13.5 Å². The molecule has 1 unspecified atom stereocenters. The molecule has 1 amide bonds. The molecule has 3 nitrogen and oxygen atoms in total. The normalized spacial score (nSPS) is 11.9. The van der Waals surface area contributed by atoms with Crippen LogP contribution in [-0.2, 0) is 11.3 Å². The minimum absolute atomic E-state index is 0.00231. The summed E-state index contributed by atoms with van der Waals surface area (Å²) >= 11 is 0. The van der Waals surface area contributed by atoms with Crippen LogP contribution in [0, 0.1) is 11.7 Å². The van der Waals surface area contributed by atoms with Gasteiger partial charge in [-0.1, -0.05) is 31.2 Å². The van der Waals surface area contributed by atoms with Gasteiger partial charge in [-0.3, -0.25) is 4.79 Å². The van der Waals surface area contributed by atoms with E-state index in [1.807, 2.05) is 6.92 Å². The molecule has 0 saturated carbocycles. The van der Waals surface area contributed by atoms with Gasteiger partial charge in [-0.05, 0) is 13.1 Å². The van der Waals surface area contributed by atoms with Crippen LogP contribution in [0.5, 0.6) is 0 Å². The van der Waals surface area contributed by atoms with E-state index in [9.17, 15) is 9.18 Å². The molecule has 0 aromatic heterocycles. The molecule has 0 aliphatic heterocycles. The predicted octanol–water partition coefficient (Wildman–Crippen LogP) is 2.20. The van der Waals surface area contributed by atoms with E-state index in [1.165, 1.54) is 6.07 Å². The summed E-state index contributed by atoms with van der Waals surface area (Å²) in [4.78, 5) is 13.9. The van der Waals surface area contributed by atoms with E-state index in [-0.39, 0.29) is 24.2 Å². The number of nitrogens with zero attached hydrogens (tertiary/aromatic N) is 1. The zero-order chi connectivity index (χ0) is 14.3. The molecule has 0 radical (unpaired) electrons. The van der Waals surface area contributed by atoms with E-state index >= 15 is 0 Å². The monoisotopic (exact) mass is 264 g/mol. The number of amides is 1. The van der Waals surface area contributed by atoms with Crippen molar-refractivity contribution in [1.82, 2.24) is 10.2 Å². The largest absolute Gasteiger partial charge is 0.334 e. The Morgan fingerprint density at radius 1 is 1.53 bits per heavy atom. The zero-order valence-electron chi connectivity index (χ0n) is 11.5. The van der Waals surface area contributed by atoms with Crippen molar-refractivity contribution in [3.63, 3.8) is 0 Å². The van der Waals surface area contributed by atoms with Gasteiger partial charge in [-0.15, -0.1) is 6.58 Å². The molecule has 0 fully saturated rings. The summed E-state index contributed by atoms with van der Waals surface area (Å²) in [6.45, 7) is 6.79. The molecule has 104 valence electrons. The first kappa shape index (κ1) is 15.4. The smallest absolute Gasteiger partial charge is 0.227 e. The van der Waals surface area contributed by atoms with Crippen LogP contribution in [0.3, 0.4) is 0 Å². The molecular formula is C15H21FN2O. The third-order valence-electron chi connectivity index (χ3n) is 2.91. The highest BCUT2D eigenvalue weighted by molar-refractivity contribution is 5.78. The van der Waals surface area contributed by atoms with Crippen molar-refractivity contribution in [2.24, 2.45) is 5.92 Å². The molecule has 0 heterocycles. The Hall–Kier alpha value is -1.68. The van der Waals surface area contributed by atoms with Crippen LogP contribution in [0.15, 0.2) is 36.9 Å². The van der Waals surface area contributed by atoms with Gasteiger partial charge >= 0.3 is 0 Å². The molecule has 1 rings (SSSR count). The fourth-order valence-electron chi connectivity index (χ4n) is 1.93. The Labute approximate surface area is 114 Å². The Bertz CT molecular complexity index is 434. The van der Waals surface area contributed by atoms with E-state index in [0.717, 1.165) is 0 Å². The van der Waals surface area contributed by atoms with Gasteiger partial charge in [0.25, 0.3) is 0 Å². The zero-order valence-corrected chi connectivity index (χ0v) is 11.5. The fourth-order valence-corrected chi connectivity index (χ4v) is 1.93. The van der Waals surface area contributed by atoms with E-state index < -0.39 is 0 Å². The minimum atomic E-state index is -0.286. The predicted molar refractivity (Wildman–Crippen MR) is 75.1 cm³/mol. The third-order valence-corrected chi connectivity index (χ3v) is 2.91. The lowest BCUT2D eigenvalue weighted by Gasteiger charge is -2.25. The second kappa shape index (κ2) is 7.69. The van der Waals surface area contributed by atoms with E-state index in [1.54, 1.807) is 36.2 Å². The average Bonchev–Trinajstić information content (AvgIpc) is 2.40. The topological polar surface area (TPSA) is 32.3 Å². The molecule has 0 saturated heterocycles. The second-order valence-electron chi connectivity index (χ2n) is 4.56. The van der Waals surface area contributed by atoms with Gasteiger partial charge in [0.2, 0.25) is 5.91 Å². The Morgan fingerprint density at radius 3 is 2.79 bits per heavy atom. The number of benzene rings is 1. The fraction of sp³-hybridized carbons (Fsp3) is 0.400. The van der Waals surface area contributed by atoms with Gasteiger partial charge in [0.05, 0.1) is 0 Å². The molecule has 0 aliphatic carbocycles. The van der Waals surface area contributed by atoms with Crippen LogP contribution in [0.25, 0.3) is 0 Å². The van der Waals surface area contributed by atoms with Gasteiger partial charge in [0, 0.05) is 31.1 Å². The molecule has 19 heavy (non-hydrogen) atoms. The maximum absolute atomic E-state index is 13.6. The van der Waals surface area contributed by atoms with Crippen LogP contribution in [0.4, 0.5) is 4.39 Å². The molecule has 0 spiro atoms. The summed E-state index contributed by atoms with van der Waals surface area (Å²) in [5.74, 6) is -0.431. The van der Waals surface area contributed by atoms with Gasteiger partial charge in [0.1, 0.15) is 5.82 Å². The summed E-state index contributed by atoms with van der Waals surface area (Å²) in [6.07, 6.45) is 1.66. The van der Waals surface area contributed by atoms with Crippen LogP contribution in [0.2, 0.25) is 0 Å². The maximum atomic E-state index is 13.6. The number of carbonyl (C=O) groups excluding carboxylic acids is 1. The van der Waals surface area contributed by atoms with Gasteiger partial charge in [0.15, 0.2) is 0 Å². The average molecular weight is 264 g/mol. The molecule has 1 aromatic rings. The summed E-state index contributed by atoms with van der Waals surface area (Å²) < 4.78 is 13.6. The van der Waals surface area contributed by atoms with Gasteiger partial charge < -0.3 is 10.2 Å². The number of halogens is 1. The Morgan fingerprint density at radius 2 is 2.21 bits per heavy atom. The Balaban J connectivity index is 2.80. The highest BCUT2D eigenvalue weighted by atomic mass is 19.1. The van der Waals surface area contributed by atoms with Crippen LogP contribution in [-0.4, -0.2) is 30.9 Å². The molecule has 1 N–H and O–H groups in total. The number of carbonyl (C=O) groups is 1. The number of hydrogen-bond acceptors (Lipinski definition) is 2. The van der Waals surface area contributed by atoms with Crippen molar-refractivity contribution < 1.29 is 9.18 Å². The molecule has 0 aliphatic rings. The standard InChI is InChI=1S/C15H21FN2O/c1-4-9-18(15(19)12(2)10-17-3)11-13-7-5-6-8-14(13)16/h4-8,12,17H,1,9-11H2,2-3H3. The SMILES string of the molecule is C=CCN(Cc1ccccc1F)C(=O)C(C)CNC. The van der Waals surface area contributed by atoms with Crippen LogP contribution in [0.1, 0.15) is 12.5 Å². The molecule has 4 heteroatoms. The highest BCUT2D eigenvalue weighted by Crippen LogP contribution is 2.12. The Kier molecular flexibility index (Phi) is 6.22. The number of rotatable bonds is 7. The minimum Gasteiger partial charge on any atom is -0.334 e. The van der Waals surface area contributed by atoms with Crippen molar-refractivity contribution in [3.05, 3.63) is 48.3 Å². The second-order valence-corrected chi connectivity index (χ2v) is 4.56. The molecule has 1 atom stereocenters. The lowest BCUT2D eigenvalue weighted by Crippen LogP contribution is -2.38. The van der Waals surface area contributed by atoms with Crippen LogP contribution < -0.4 is 5.32 Å². The molecular weight excluding hydrogens is 243 g/mol.